The van der Waals surface area contributed by atoms with E-state index in [-0.39, 0.29) is 0 Å². The molecule has 2 atom stereocenters. The van der Waals surface area contributed by atoms with E-state index in [1.54, 1.807) is 0 Å². The lowest BCUT2D eigenvalue weighted by atomic mass is 9.83. The maximum Gasteiger partial charge on any atom is 0.0992 e. The minimum atomic E-state index is 0.610. The summed E-state index contributed by atoms with van der Waals surface area (Å²) in [6.45, 7) is 2.31. The van der Waals surface area contributed by atoms with Crippen molar-refractivity contribution in [2.75, 3.05) is 5.32 Å². The molecule has 106 valence electrons. The van der Waals surface area contributed by atoms with E-state index in [2.05, 4.69) is 46.1 Å². The molecule has 2 unspecified atom stereocenters. The van der Waals surface area contributed by atoms with Crippen molar-refractivity contribution < 1.29 is 0 Å². The molecule has 1 aromatic heterocycles. The van der Waals surface area contributed by atoms with Crippen molar-refractivity contribution in [1.29, 1.82) is 0 Å². The zero-order valence-corrected chi connectivity index (χ0v) is 12.1. The number of nitrogens with zero attached hydrogens (tertiary/aromatic N) is 2. The molecule has 0 radical (unpaired) electrons. The second-order valence-corrected chi connectivity index (χ2v) is 5.69. The van der Waals surface area contributed by atoms with E-state index in [1.807, 2.05) is 18.7 Å². The first-order valence-corrected chi connectivity index (χ1v) is 7.72. The highest BCUT2D eigenvalue weighted by Gasteiger charge is 2.24. The van der Waals surface area contributed by atoms with E-state index in [0.717, 1.165) is 5.92 Å². The lowest BCUT2D eigenvalue weighted by Gasteiger charge is -2.33. The summed E-state index contributed by atoms with van der Waals surface area (Å²) >= 11 is 0. The Morgan fingerprint density at radius 2 is 2.10 bits per heavy atom. The Balaban J connectivity index is 1.83. The molecule has 3 nitrogen and oxygen atoms in total. The Kier molecular flexibility index (Phi) is 4.05. The first-order valence-electron chi connectivity index (χ1n) is 7.72. The van der Waals surface area contributed by atoms with Gasteiger partial charge in [-0.1, -0.05) is 38.3 Å². The number of rotatable bonds is 4. The molecule has 1 saturated carbocycles. The molecule has 0 saturated heterocycles. The molecule has 2 aromatic rings. The fourth-order valence-electron chi connectivity index (χ4n) is 3.31. The third-order valence-corrected chi connectivity index (χ3v) is 4.46. The fraction of sp³-hybridized carbons (Fsp3) is 0.471. The van der Waals surface area contributed by atoms with Crippen molar-refractivity contribution in [1.82, 2.24) is 9.55 Å². The minimum Gasteiger partial charge on any atom is -0.380 e. The molecule has 0 bridgehead atoms. The molecule has 0 spiro atoms. The topological polar surface area (TPSA) is 29.9 Å². The lowest BCUT2D eigenvalue weighted by Crippen LogP contribution is -2.32. The van der Waals surface area contributed by atoms with Gasteiger partial charge in [-0.3, -0.25) is 0 Å². The summed E-state index contributed by atoms with van der Waals surface area (Å²) in [5, 5.41) is 3.79. The summed E-state index contributed by atoms with van der Waals surface area (Å²) in [5.74, 6) is 0.805. The molecule has 1 fully saturated rings. The molecule has 20 heavy (non-hydrogen) atoms. The minimum absolute atomic E-state index is 0.610. The van der Waals surface area contributed by atoms with E-state index >= 15 is 0 Å². The zero-order valence-electron chi connectivity index (χ0n) is 12.1. The smallest absolute Gasteiger partial charge is 0.0992 e. The number of hydrogen-bond acceptors (Lipinski definition) is 2. The van der Waals surface area contributed by atoms with Crippen LogP contribution in [0.15, 0.2) is 43.0 Å². The number of aromatic nitrogens is 2. The monoisotopic (exact) mass is 269 g/mol. The van der Waals surface area contributed by atoms with Gasteiger partial charge in [0.05, 0.1) is 17.7 Å². The molecule has 1 aliphatic rings. The largest absolute Gasteiger partial charge is 0.380 e. The fourth-order valence-corrected chi connectivity index (χ4v) is 3.31. The molecule has 3 heteroatoms. The van der Waals surface area contributed by atoms with Crippen LogP contribution in [0.1, 0.15) is 39.0 Å². The normalized spacial score (nSPS) is 22.6. The summed E-state index contributed by atoms with van der Waals surface area (Å²) in [6.07, 6.45) is 12.3. The van der Waals surface area contributed by atoms with E-state index in [1.165, 1.54) is 43.5 Å². The summed E-state index contributed by atoms with van der Waals surface area (Å²) < 4.78 is 2.08. The molecule has 1 N–H and O–H groups in total. The molecule has 0 amide bonds. The van der Waals surface area contributed by atoms with Crippen molar-refractivity contribution in [2.45, 2.75) is 45.1 Å². The first kappa shape index (κ1) is 13.2. The predicted octanol–water partition coefficient (Wildman–Crippen LogP) is 4.25. The SMILES string of the molecule is CCC1CCCCC1Nc1ccccc1-n1ccnc1. The van der Waals surface area contributed by atoms with Gasteiger partial charge >= 0.3 is 0 Å². The lowest BCUT2D eigenvalue weighted by molar-refractivity contribution is 0.317. The van der Waals surface area contributed by atoms with Crippen LogP contribution >= 0.6 is 0 Å². The number of imidazole rings is 1. The number of hydrogen-bond donors (Lipinski definition) is 1. The summed E-state index contributed by atoms with van der Waals surface area (Å²) in [7, 11) is 0. The van der Waals surface area contributed by atoms with Gasteiger partial charge in [-0.15, -0.1) is 0 Å². The summed E-state index contributed by atoms with van der Waals surface area (Å²) in [6, 6.07) is 9.12. The second-order valence-electron chi connectivity index (χ2n) is 5.69. The average Bonchev–Trinajstić information content (AvgIpc) is 3.02. The van der Waals surface area contributed by atoms with Crippen LogP contribution in [0.2, 0.25) is 0 Å². The standard InChI is InChI=1S/C17H23N3/c1-2-14-7-3-4-8-15(14)19-16-9-5-6-10-17(16)20-12-11-18-13-20/h5-6,9-15,19H,2-4,7-8H2,1H3. The van der Waals surface area contributed by atoms with E-state index in [0.29, 0.717) is 6.04 Å². The summed E-state index contributed by atoms with van der Waals surface area (Å²) in [5.41, 5.74) is 2.40. The highest BCUT2D eigenvalue weighted by atomic mass is 15.1. The van der Waals surface area contributed by atoms with Crippen LogP contribution in [0.5, 0.6) is 0 Å². The van der Waals surface area contributed by atoms with Crippen molar-refractivity contribution >= 4 is 5.69 Å². The second kappa shape index (κ2) is 6.12. The van der Waals surface area contributed by atoms with Gasteiger partial charge in [0.1, 0.15) is 0 Å². The van der Waals surface area contributed by atoms with Gasteiger partial charge in [0.15, 0.2) is 0 Å². The van der Waals surface area contributed by atoms with Crippen molar-refractivity contribution in [3.8, 4) is 5.69 Å². The third kappa shape index (κ3) is 2.72. The molecule has 3 rings (SSSR count). The number of nitrogens with one attached hydrogen (secondary N) is 1. The Hall–Kier alpha value is -1.77. The Morgan fingerprint density at radius 1 is 1.25 bits per heavy atom. The zero-order chi connectivity index (χ0) is 13.8. The van der Waals surface area contributed by atoms with Crippen molar-refractivity contribution in [3.63, 3.8) is 0 Å². The molecule has 1 aliphatic carbocycles. The maximum atomic E-state index is 4.15. The van der Waals surface area contributed by atoms with Gasteiger partial charge in [-0.25, -0.2) is 4.98 Å². The Morgan fingerprint density at radius 3 is 2.90 bits per heavy atom. The van der Waals surface area contributed by atoms with Crippen molar-refractivity contribution in [3.05, 3.63) is 43.0 Å². The number of para-hydroxylation sites is 2. The van der Waals surface area contributed by atoms with Crippen LogP contribution in [0.3, 0.4) is 0 Å². The van der Waals surface area contributed by atoms with Gasteiger partial charge < -0.3 is 9.88 Å². The molecule has 1 heterocycles. The number of benzene rings is 1. The predicted molar refractivity (Wildman–Crippen MR) is 83.2 cm³/mol. The van der Waals surface area contributed by atoms with E-state index < -0.39 is 0 Å². The third-order valence-electron chi connectivity index (χ3n) is 4.46. The quantitative estimate of drug-likeness (QED) is 0.899. The van der Waals surface area contributed by atoms with Crippen LogP contribution in [-0.4, -0.2) is 15.6 Å². The highest BCUT2D eigenvalue weighted by molar-refractivity contribution is 5.61. The van der Waals surface area contributed by atoms with Crippen LogP contribution in [0.4, 0.5) is 5.69 Å². The van der Waals surface area contributed by atoms with E-state index in [4.69, 9.17) is 0 Å². The highest BCUT2D eigenvalue weighted by Crippen LogP contribution is 2.31. The van der Waals surface area contributed by atoms with Crippen LogP contribution in [0.25, 0.3) is 5.69 Å². The maximum absolute atomic E-state index is 4.15. The van der Waals surface area contributed by atoms with Crippen LogP contribution in [0, 0.1) is 5.92 Å². The number of anilines is 1. The van der Waals surface area contributed by atoms with E-state index in [9.17, 15) is 0 Å². The van der Waals surface area contributed by atoms with Gasteiger partial charge in [0.2, 0.25) is 0 Å². The first-order chi connectivity index (χ1) is 9.88. The Bertz CT molecular complexity index is 533. The molecular weight excluding hydrogens is 246 g/mol. The van der Waals surface area contributed by atoms with Crippen molar-refractivity contribution in [2.24, 2.45) is 5.92 Å². The van der Waals surface area contributed by atoms with Crippen LogP contribution < -0.4 is 5.32 Å². The van der Waals surface area contributed by atoms with Crippen LogP contribution in [-0.2, 0) is 0 Å². The van der Waals surface area contributed by atoms with Gasteiger partial charge in [0.25, 0.3) is 0 Å². The van der Waals surface area contributed by atoms with Gasteiger partial charge in [-0.05, 0) is 30.9 Å². The molecule has 0 aliphatic heterocycles. The van der Waals surface area contributed by atoms with Gasteiger partial charge in [-0.2, -0.15) is 0 Å². The molecular formula is C17H23N3. The van der Waals surface area contributed by atoms with Gasteiger partial charge in [0, 0.05) is 18.4 Å². The Labute approximate surface area is 121 Å². The molecule has 1 aromatic carbocycles. The summed E-state index contributed by atoms with van der Waals surface area (Å²) in [4.78, 5) is 4.15. The average molecular weight is 269 g/mol.